The number of thiazole rings is 1. The number of nitrogens with zero attached hydrogens (tertiary/aromatic N) is 3. The van der Waals surface area contributed by atoms with E-state index >= 15 is 0 Å². The van der Waals surface area contributed by atoms with Gasteiger partial charge in [0.05, 0.1) is 38.5 Å². The number of fused-ring (bicyclic) bond motifs is 1. The first-order chi connectivity index (χ1) is 18.9. The van der Waals surface area contributed by atoms with Crippen molar-refractivity contribution in [2.24, 2.45) is 6.26 Å². The smallest absolute Gasteiger partial charge is 0.395 e. The lowest BCUT2D eigenvalue weighted by Gasteiger charge is -2.22. The highest BCUT2D eigenvalue weighted by Gasteiger charge is 2.37. The summed E-state index contributed by atoms with van der Waals surface area (Å²) in [6.45, 7) is 4.07. The first-order valence-corrected chi connectivity index (χ1v) is 14.2. The maximum absolute atomic E-state index is 13.3. The Balaban J connectivity index is 1.86. The maximum atomic E-state index is 13.3. The van der Waals surface area contributed by atoms with Crippen molar-refractivity contribution in [3.8, 4) is 22.1 Å². The van der Waals surface area contributed by atoms with E-state index in [1.165, 1.54) is 0 Å². The first-order valence-electron chi connectivity index (χ1n) is 12.5. The molecule has 0 aliphatic heterocycles. The van der Waals surface area contributed by atoms with Gasteiger partial charge in [-0.15, -0.1) is 0 Å². The second-order valence-electron chi connectivity index (χ2n) is 8.56. The van der Waals surface area contributed by atoms with Crippen molar-refractivity contribution in [3.05, 3.63) is 65.2 Å². The molecule has 2 aromatic heterocycles. The van der Waals surface area contributed by atoms with Gasteiger partial charge in [0.15, 0.2) is 0 Å². The molecule has 0 saturated heterocycles. The minimum Gasteiger partial charge on any atom is -0.497 e. The number of carbonyl (C=O) groups excluding carboxylic acids is 2. The molecule has 0 N–H and O–H groups in total. The number of carbonyl (C=O) groups is 2. The lowest BCUT2D eigenvalue weighted by molar-refractivity contribution is -0.141. The third-order valence-electron chi connectivity index (χ3n) is 6.09. The SMILES string of the molecule is CCOC(=O)CN(Cc1ccc(OC)cc1OC)c1nc(-c2cnc3ccccc3c2)[s+](C)c1C(=O)OCC. The fraction of sp³-hybridized carbons (Fsp3) is 0.310. The van der Waals surface area contributed by atoms with Crippen LogP contribution in [-0.2, 0) is 27.1 Å². The summed E-state index contributed by atoms with van der Waals surface area (Å²) >= 11 is 0. The van der Waals surface area contributed by atoms with Gasteiger partial charge in [-0.1, -0.05) is 18.2 Å². The van der Waals surface area contributed by atoms with Crippen molar-refractivity contribution in [2.45, 2.75) is 20.4 Å². The first kappa shape index (κ1) is 27.8. The van der Waals surface area contributed by atoms with E-state index in [-0.39, 0.29) is 26.3 Å². The Kier molecular flexibility index (Phi) is 8.98. The average molecular weight is 551 g/mol. The van der Waals surface area contributed by atoms with Gasteiger partial charge in [-0.25, -0.2) is 4.79 Å². The molecular formula is C29H32N3O6S+. The van der Waals surface area contributed by atoms with Gasteiger partial charge in [0, 0.05) is 40.2 Å². The lowest BCUT2D eigenvalue weighted by Crippen LogP contribution is -2.32. The van der Waals surface area contributed by atoms with Gasteiger partial charge in [-0.05, 0) is 38.1 Å². The molecule has 1 atom stereocenters. The van der Waals surface area contributed by atoms with Gasteiger partial charge in [-0.2, -0.15) is 4.98 Å². The minimum atomic E-state index is -0.743. The fourth-order valence-corrected chi connectivity index (χ4v) is 5.90. The zero-order valence-corrected chi connectivity index (χ0v) is 23.5. The molecule has 4 aromatic rings. The Labute approximate surface area is 230 Å². The number of anilines is 1. The molecular weight excluding hydrogens is 518 g/mol. The summed E-state index contributed by atoms with van der Waals surface area (Å²) in [4.78, 5) is 37.7. The fourth-order valence-electron chi connectivity index (χ4n) is 4.26. The topological polar surface area (TPSA) is 100 Å². The van der Waals surface area contributed by atoms with Gasteiger partial charge in [0.25, 0.3) is 5.01 Å². The monoisotopic (exact) mass is 550 g/mol. The Bertz CT molecular complexity index is 1490. The molecule has 0 saturated carbocycles. The molecule has 204 valence electrons. The number of methoxy groups -OCH3 is 2. The van der Waals surface area contributed by atoms with Crippen molar-refractivity contribution in [2.75, 3.05) is 38.9 Å². The quantitative estimate of drug-likeness (QED) is 0.181. The number of aromatic nitrogens is 2. The maximum Gasteiger partial charge on any atom is 0.395 e. The predicted molar refractivity (Wildman–Crippen MR) is 152 cm³/mol. The Morgan fingerprint density at radius 3 is 2.46 bits per heavy atom. The third-order valence-corrected chi connectivity index (χ3v) is 7.95. The van der Waals surface area contributed by atoms with Crippen molar-refractivity contribution in [1.29, 1.82) is 0 Å². The zero-order chi connectivity index (χ0) is 27.9. The summed E-state index contributed by atoms with van der Waals surface area (Å²) in [5.74, 6) is 0.680. The molecule has 9 nitrogen and oxygen atoms in total. The molecule has 0 amide bonds. The van der Waals surface area contributed by atoms with E-state index < -0.39 is 22.4 Å². The number of ether oxygens (including phenoxy) is 4. The van der Waals surface area contributed by atoms with Gasteiger partial charge in [0.2, 0.25) is 5.82 Å². The van der Waals surface area contributed by atoms with Crippen LogP contribution in [0.25, 0.3) is 21.5 Å². The van der Waals surface area contributed by atoms with Crippen LogP contribution in [0.2, 0.25) is 0 Å². The molecule has 0 spiro atoms. The van der Waals surface area contributed by atoms with Crippen LogP contribution >= 0.6 is 10.5 Å². The number of esters is 2. The van der Waals surface area contributed by atoms with Crippen molar-refractivity contribution in [3.63, 3.8) is 0 Å². The molecule has 0 fully saturated rings. The standard InChI is InChI=1S/C29H32N3O6S/c1-6-37-25(33)18-32(17-20-12-13-22(35-3)15-24(20)36-4)27-26(29(34)38-7-2)39(5)28(31-27)21-14-19-10-8-9-11-23(19)30-16-21/h8-16H,6-7,17-18H2,1-5H3/q+1. The summed E-state index contributed by atoms with van der Waals surface area (Å²) < 4.78 is 21.6. The van der Waals surface area contributed by atoms with Crippen LogP contribution in [0.4, 0.5) is 5.82 Å². The van der Waals surface area contributed by atoms with Crippen LogP contribution in [0.1, 0.15) is 29.1 Å². The number of pyridine rings is 1. The van der Waals surface area contributed by atoms with Crippen LogP contribution in [0, 0.1) is 0 Å². The van der Waals surface area contributed by atoms with Gasteiger partial charge in [-0.3, -0.25) is 9.78 Å². The zero-order valence-electron chi connectivity index (χ0n) is 22.7. The number of benzene rings is 2. The average Bonchev–Trinajstić information content (AvgIpc) is 3.29. The van der Waals surface area contributed by atoms with Crippen molar-refractivity contribution in [1.82, 2.24) is 9.97 Å². The van der Waals surface area contributed by atoms with Crippen molar-refractivity contribution >= 4 is 39.1 Å². The van der Waals surface area contributed by atoms with E-state index in [1.807, 2.05) is 48.7 Å². The second-order valence-corrected chi connectivity index (χ2v) is 10.4. The lowest BCUT2D eigenvalue weighted by atomic mass is 10.1. The van der Waals surface area contributed by atoms with E-state index in [4.69, 9.17) is 23.9 Å². The Morgan fingerprint density at radius 2 is 1.74 bits per heavy atom. The van der Waals surface area contributed by atoms with E-state index in [0.717, 1.165) is 22.0 Å². The van der Waals surface area contributed by atoms with Gasteiger partial charge in [0.1, 0.15) is 24.3 Å². The third kappa shape index (κ3) is 6.12. The molecule has 1 unspecified atom stereocenters. The van der Waals surface area contributed by atoms with E-state index in [1.54, 1.807) is 45.2 Å². The van der Waals surface area contributed by atoms with E-state index in [9.17, 15) is 9.59 Å². The van der Waals surface area contributed by atoms with Crippen molar-refractivity contribution < 1.29 is 28.5 Å². The molecule has 0 aliphatic carbocycles. The summed E-state index contributed by atoms with van der Waals surface area (Å²) in [5, 5.41) is 1.66. The van der Waals surface area contributed by atoms with E-state index in [0.29, 0.717) is 27.2 Å². The van der Waals surface area contributed by atoms with Crippen LogP contribution in [0.15, 0.2) is 54.7 Å². The highest BCUT2D eigenvalue weighted by Crippen LogP contribution is 2.42. The molecule has 10 heteroatoms. The van der Waals surface area contributed by atoms with Crippen LogP contribution in [0.5, 0.6) is 11.5 Å². The highest BCUT2D eigenvalue weighted by atomic mass is 32.2. The summed E-state index contributed by atoms with van der Waals surface area (Å²) in [6, 6.07) is 15.3. The minimum absolute atomic E-state index is 0.120. The molecule has 2 aromatic carbocycles. The summed E-state index contributed by atoms with van der Waals surface area (Å²) in [7, 11) is 2.41. The number of hydrogen-bond acceptors (Lipinski definition) is 9. The number of para-hydroxylation sites is 1. The predicted octanol–water partition coefficient (Wildman–Crippen LogP) is 5.35. The van der Waals surface area contributed by atoms with Gasteiger partial charge >= 0.3 is 16.8 Å². The molecule has 0 bridgehead atoms. The molecule has 0 radical (unpaired) electrons. The summed E-state index contributed by atoms with van der Waals surface area (Å²) in [6.07, 6.45) is 3.70. The number of rotatable bonds is 11. The van der Waals surface area contributed by atoms with Crippen LogP contribution in [-0.4, -0.2) is 55.9 Å². The Hall–Kier alpha value is -4.18. The second kappa shape index (κ2) is 12.6. The molecule has 4 rings (SSSR count). The van der Waals surface area contributed by atoms with Crippen LogP contribution in [0.3, 0.4) is 0 Å². The van der Waals surface area contributed by atoms with Gasteiger partial charge < -0.3 is 23.8 Å². The number of hydrogen-bond donors (Lipinski definition) is 0. The normalized spacial score (nSPS) is 11.3. The largest absolute Gasteiger partial charge is 0.497 e. The summed E-state index contributed by atoms with van der Waals surface area (Å²) in [5.41, 5.74) is 2.45. The molecule has 39 heavy (non-hydrogen) atoms. The van der Waals surface area contributed by atoms with Crippen LogP contribution < -0.4 is 14.4 Å². The molecule has 0 aliphatic rings. The van der Waals surface area contributed by atoms with E-state index in [2.05, 4.69) is 4.98 Å². The Morgan fingerprint density at radius 1 is 0.974 bits per heavy atom. The highest BCUT2D eigenvalue weighted by molar-refractivity contribution is 7.34. The molecule has 2 heterocycles.